The average Bonchev–Trinajstić information content (AvgIpc) is 3.36. The summed E-state index contributed by atoms with van der Waals surface area (Å²) in [7, 11) is 0. The van der Waals surface area contributed by atoms with Gasteiger partial charge in [-0.05, 0) is 47.8 Å². The second-order valence-corrected chi connectivity index (χ2v) is 9.29. The summed E-state index contributed by atoms with van der Waals surface area (Å²) in [6, 6.07) is 10.7. The van der Waals surface area contributed by atoms with E-state index in [0.717, 1.165) is 62.9 Å². The van der Waals surface area contributed by atoms with Crippen molar-refractivity contribution in [2.45, 2.75) is 37.6 Å². The topological polar surface area (TPSA) is 55.2 Å². The summed E-state index contributed by atoms with van der Waals surface area (Å²) in [5, 5.41) is 5.73. The van der Waals surface area contributed by atoms with Gasteiger partial charge in [0.05, 0.1) is 6.54 Å². The molecule has 0 radical (unpaired) electrons. The Morgan fingerprint density at radius 2 is 2.03 bits per heavy atom. The molecule has 29 heavy (non-hydrogen) atoms. The third-order valence-corrected chi connectivity index (χ3v) is 6.84. The molecule has 0 saturated carbocycles. The molecule has 2 aliphatic heterocycles. The molecule has 154 valence electrons. The smallest absolute Gasteiger partial charge is 0.171 e. The SMILES string of the molecule is ClC1CC(Cn2ccc3ccccc32)CC(c2nsc(CN3CCNCC3)n2)O1. The average molecular weight is 432 g/mol. The molecule has 4 heterocycles. The molecule has 3 unspecified atom stereocenters. The van der Waals surface area contributed by atoms with E-state index in [4.69, 9.17) is 21.3 Å². The van der Waals surface area contributed by atoms with Crippen molar-refractivity contribution in [2.24, 2.45) is 5.92 Å². The summed E-state index contributed by atoms with van der Waals surface area (Å²) in [4.78, 5) is 7.22. The first-order valence-electron chi connectivity index (χ1n) is 10.3. The lowest BCUT2D eigenvalue weighted by molar-refractivity contribution is -0.0403. The van der Waals surface area contributed by atoms with Gasteiger partial charge in [0.25, 0.3) is 0 Å². The van der Waals surface area contributed by atoms with Crippen LogP contribution in [0.3, 0.4) is 0 Å². The minimum atomic E-state index is -0.291. The maximum absolute atomic E-state index is 6.48. The Morgan fingerprint density at radius 3 is 2.93 bits per heavy atom. The van der Waals surface area contributed by atoms with Gasteiger partial charge in [0.2, 0.25) is 0 Å². The third-order valence-electron chi connectivity index (χ3n) is 5.85. The molecule has 0 spiro atoms. The Bertz CT molecular complexity index is 953. The number of benzene rings is 1. The maximum Gasteiger partial charge on any atom is 0.171 e. The Hall–Kier alpha value is -1.51. The number of fused-ring (bicyclic) bond motifs is 1. The van der Waals surface area contributed by atoms with Gasteiger partial charge >= 0.3 is 0 Å². The second kappa shape index (κ2) is 8.70. The van der Waals surface area contributed by atoms with E-state index in [0.29, 0.717) is 5.92 Å². The van der Waals surface area contributed by atoms with Crippen LogP contribution in [0, 0.1) is 5.92 Å². The van der Waals surface area contributed by atoms with Crippen molar-refractivity contribution in [3.8, 4) is 0 Å². The molecule has 3 atom stereocenters. The Morgan fingerprint density at radius 1 is 1.17 bits per heavy atom. The van der Waals surface area contributed by atoms with Crippen LogP contribution < -0.4 is 5.32 Å². The highest BCUT2D eigenvalue weighted by Crippen LogP contribution is 2.37. The second-order valence-electron chi connectivity index (χ2n) is 7.97. The van der Waals surface area contributed by atoms with Crippen LogP contribution in [0.1, 0.15) is 29.8 Å². The molecule has 0 bridgehead atoms. The molecule has 3 aromatic rings. The van der Waals surface area contributed by atoms with Gasteiger partial charge in [0, 0.05) is 44.4 Å². The highest BCUT2D eigenvalue weighted by molar-refractivity contribution is 7.05. The summed E-state index contributed by atoms with van der Waals surface area (Å²) in [5.74, 6) is 1.24. The number of nitrogens with zero attached hydrogens (tertiary/aromatic N) is 4. The summed E-state index contributed by atoms with van der Waals surface area (Å²) < 4.78 is 13.0. The Kier molecular flexibility index (Phi) is 5.83. The van der Waals surface area contributed by atoms with E-state index in [-0.39, 0.29) is 11.7 Å². The molecule has 2 fully saturated rings. The number of para-hydroxylation sites is 1. The zero-order chi connectivity index (χ0) is 19.6. The zero-order valence-electron chi connectivity index (χ0n) is 16.3. The number of alkyl halides is 1. The summed E-state index contributed by atoms with van der Waals surface area (Å²) in [5.41, 5.74) is 0.979. The first kappa shape index (κ1) is 19.5. The minimum absolute atomic E-state index is 0.119. The van der Waals surface area contributed by atoms with Crippen molar-refractivity contribution in [3.63, 3.8) is 0 Å². The highest BCUT2D eigenvalue weighted by Gasteiger charge is 2.32. The van der Waals surface area contributed by atoms with Crippen molar-refractivity contribution in [1.29, 1.82) is 0 Å². The van der Waals surface area contributed by atoms with Gasteiger partial charge in [-0.25, -0.2) is 4.98 Å². The molecule has 0 amide bonds. The van der Waals surface area contributed by atoms with Crippen LogP contribution in [-0.4, -0.2) is 50.6 Å². The molecule has 1 N–H and O–H groups in total. The number of rotatable bonds is 5. The standard InChI is InChI=1S/C21H26ClN5OS/c22-19-12-15(13-27-8-5-16-3-1-2-4-17(16)27)11-18(28-19)21-24-20(29-25-21)14-26-9-6-23-7-10-26/h1-5,8,15,18-19,23H,6-7,9-14H2. The normalized spacial score (nSPS) is 26.2. The molecular weight excluding hydrogens is 406 g/mol. The summed E-state index contributed by atoms with van der Waals surface area (Å²) in [6.45, 7) is 6.02. The van der Waals surface area contributed by atoms with E-state index in [1.165, 1.54) is 22.4 Å². The summed E-state index contributed by atoms with van der Waals surface area (Å²) >= 11 is 7.97. The van der Waals surface area contributed by atoms with Crippen LogP contribution in [0.25, 0.3) is 10.9 Å². The molecule has 1 aromatic carbocycles. The molecule has 8 heteroatoms. The quantitative estimate of drug-likeness (QED) is 0.625. The third kappa shape index (κ3) is 4.49. The number of piperazine rings is 1. The van der Waals surface area contributed by atoms with Crippen LogP contribution in [-0.2, 0) is 17.8 Å². The van der Waals surface area contributed by atoms with Crippen molar-refractivity contribution < 1.29 is 4.74 Å². The van der Waals surface area contributed by atoms with Crippen LogP contribution in [0.4, 0.5) is 0 Å². The van der Waals surface area contributed by atoms with Gasteiger partial charge < -0.3 is 14.6 Å². The number of hydrogen-bond acceptors (Lipinski definition) is 6. The van der Waals surface area contributed by atoms with Gasteiger partial charge in [-0.3, -0.25) is 4.90 Å². The molecule has 0 aliphatic carbocycles. The number of nitrogens with one attached hydrogen (secondary N) is 1. The fourth-order valence-corrected chi connectivity index (χ4v) is 5.48. The molecule has 2 saturated heterocycles. The van der Waals surface area contributed by atoms with E-state index in [9.17, 15) is 0 Å². The number of aromatic nitrogens is 3. The fraction of sp³-hybridized carbons (Fsp3) is 0.524. The lowest BCUT2D eigenvalue weighted by Crippen LogP contribution is -2.42. The first-order chi connectivity index (χ1) is 14.2. The largest absolute Gasteiger partial charge is 0.351 e. The molecule has 2 aromatic heterocycles. The molecular formula is C21H26ClN5OS. The van der Waals surface area contributed by atoms with E-state index < -0.39 is 0 Å². The Balaban J connectivity index is 1.26. The van der Waals surface area contributed by atoms with Crippen molar-refractivity contribution in [2.75, 3.05) is 26.2 Å². The lowest BCUT2D eigenvalue weighted by atomic mass is 9.95. The maximum atomic E-state index is 6.48. The highest BCUT2D eigenvalue weighted by atomic mass is 35.5. The summed E-state index contributed by atoms with van der Waals surface area (Å²) in [6.07, 6.45) is 3.80. The zero-order valence-corrected chi connectivity index (χ0v) is 17.9. The van der Waals surface area contributed by atoms with Gasteiger partial charge in [0.15, 0.2) is 5.82 Å². The van der Waals surface area contributed by atoms with Crippen LogP contribution >= 0.6 is 23.1 Å². The number of halogens is 1. The Labute approximate surface area is 180 Å². The monoisotopic (exact) mass is 431 g/mol. The molecule has 2 aliphatic rings. The molecule has 6 nitrogen and oxygen atoms in total. The predicted molar refractivity (Wildman–Crippen MR) is 116 cm³/mol. The van der Waals surface area contributed by atoms with E-state index in [1.54, 1.807) is 0 Å². The van der Waals surface area contributed by atoms with Crippen molar-refractivity contribution >= 4 is 34.0 Å². The van der Waals surface area contributed by atoms with E-state index in [1.807, 2.05) is 0 Å². The lowest BCUT2D eigenvalue weighted by Gasteiger charge is -2.31. The van der Waals surface area contributed by atoms with E-state index >= 15 is 0 Å². The van der Waals surface area contributed by atoms with Crippen molar-refractivity contribution in [1.82, 2.24) is 24.1 Å². The first-order valence-corrected chi connectivity index (χ1v) is 11.5. The number of hydrogen-bond donors (Lipinski definition) is 1. The van der Waals surface area contributed by atoms with Crippen molar-refractivity contribution in [3.05, 3.63) is 47.4 Å². The minimum Gasteiger partial charge on any atom is -0.351 e. The number of ether oxygens (including phenoxy) is 1. The van der Waals surface area contributed by atoms with Crippen LogP contribution in [0.2, 0.25) is 0 Å². The fourth-order valence-electron chi connectivity index (χ4n) is 4.37. The van der Waals surface area contributed by atoms with Crippen LogP contribution in [0.5, 0.6) is 0 Å². The van der Waals surface area contributed by atoms with Gasteiger partial charge in [-0.2, -0.15) is 4.37 Å². The van der Waals surface area contributed by atoms with Gasteiger partial charge in [0.1, 0.15) is 16.7 Å². The van der Waals surface area contributed by atoms with E-state index in [2.05, 4.69) is 55.7 Å². The van der Waals surface area contributed by atoms with Gasteiger partial charge in [-0.15, -0.1) is 0 Å². The van der Waals surface area contributed by atoms with Crippen LogP contribution in [0.15, 0.2) is 36.5 Å². The predicted octanol–water partition coefficient (Wildman–Crippen LogP) is 3.63. The molecule has 5 rings (SSSR count). The van der Waals surface area contributed by atoms with Gasteiger partial charge in [-0.1, -0.05) is 29.8 Å².